The van der Waals surface area contributed by atoms with Crippen LogP contribution in [0.25, 0.3) is 11.0 Å². The molecule has 1 aliphatic rings. The van der Waals surface area contributed by atoms with Crippen LogP contribution in [0.3, 0.4) is 0 Å². The molecule has 1 saturated heterocycles. The van der Waals surface area contributed by atoms with Crippen LogP contribution in [0.4, 0.5) is 0 Å². The Morgan fingerprint density at radius 3 is 2.55 bits per heavy atom. The van der Waals surface area contributed by atoms with Gasteiger partial charge in [0.25, 0.3) is 0 Å². The largest absolute Gasteiger partial charge is 0.277 e. The fourth-order valence-electron chi connectivity index (χ4n) is 3.19. The first kappa shape index (κ1) is 15.5. The van der Waals surface area contributed by atoms with Crippen LogP contribution >= 0.6 is 0 Å². The molecule has 1 aliphatic heterocycles. The van der Waals surface area contributed by atoms with Crippen molar-refractivity contribution in [2.45, 2.75) is 64.5 Å². The number of aromatic nitrogens is 3. The molecule has 0 aliphatic carbocycles. The van der Waals surface area contributed by atoms with Gasteiger partial charge in [0.2, 0.25) is 0 Å². The first-order valence-corrected chi connectivity index (χ1v) is 8.94. The van der Waals surface area contributed by atoms with Gasteiger partial charge in [-0.2, -0.15) is 0 Å². The minimum atomic E-state index is 0.442. The Labute approximate surface area is 133 Å². The van der Waals surface area contributed by atoms with Gasteiger partial charge >= 0.3 is 0 Å². The Hall–Kier alpha value is -1.42. The van der Waals surface area contributed by atoms with E-state index >= 15 is 0 Å². The molecule has 2 unspecified atom stereocenters. The summed E-state index contributed by atoms with van der Waals surface area (Å²) in [4.78, 5) is 2.50. The minimum Gasteiger partial charge on any atom is -0.277 e. The zero-order valence-corrected chi connectivity index (χ0v) is 13.7. The van der Waals surface area contributed by atoms with Gasteiger partial charge in [-0.25, -0.2) is 4.68 Å². The normalized spacial score (nSPS) is 20.6. The summed E-state index contributed by atoms with van der Waals surface area (Å²) in [6.45, 7) is 4.61. The average Bonchev–Trinajstić information content (AvgIpc) is 3.18. The van der Waals surface area contributed by atoms with E-state index in [1.54, 1.807) is 0 Å². The molecule has 0 saturated carbocycles. The van der Waals surface area contributed by atoms with Gasteiger partial charge in [-0.15, -0.1) is 5.10 Å². The highest BCUT2D eigenvalue weighted by Crippen LogP contribution is 2.31. The second-order valence-electron chi connectivity index (χ2n) is 6.47. The molecule has 4 nitrogen and oxygen atoms in total. The van der Waals surface area contributed by atoms with E-state index in [0.717, 1.165) is 17.6 Å². The molecule has 2 atom stereocenters. The second kappa shape index (κ2) is 7.73. The zero-order chi connectivity index (χ0) is 15.2. The average molecular weight is 300 g/mol. The van der Waals surface area contributed by atoms with Crippen molar-refractivity contribution in [1.29, 1.82) is 0 Å². The number of benzene rings is 1. The molecular weight excluding hydrogens is 272 g/mol. The molecule has 2 heterocycles. The van der Waals surface area contributed by atoms with Gasteiger partial charge in [0.05, 0.1) is 5.52 Å². The summed E-state index contributed by atoms with van der Waals surface area (Å²) in [6.07, 6.45) is 11.5. The molecule has 0 bridgehead atoms. The molecule has 1 aromatic heterocycles. The highest BCUT2D eigenvalue weighted by Gasteiger charge is 2.36. The molecule has 2 aromatic rings. The first-order chi connectivity index (χ1) is 10.9. The molecular formula is C18H28N4. The Kier molecular flexibility index (Phi) is 5.43. The lowest BCUT2D eigenvalue weighted by Gasteiger charge is -2.05. The molecule has 1 fully saturated rings. The predicted molar refractivity (Wildman–Crippen MR) is 90.7 cm³/mol. The van der Waals surface area contributed by atoms with E-state index in [2.05, 4.69) is 39.0 Å². The molecule has 22 heavy (non-hydrogen) atoms. The van der Waals surface area contributed by atoms with Crippen molar-refractivity contribution >= 4 is 11.0 Å². The quantitative estimate of drug-likeness (QED) is 0.482. The van der Waals surface area contributed by atoms with Crippen LogP contribution < -0.4 is 0 Å². The minimum absolute atomic E-state index is 0.442. The van der Waals surface area contributed by atoms with Crippen molar-refractivity contribution in [2.75, 3.05) is 13.1 Å². The van der Waals surface area contributed by atoms with Crippen molar-refractivity contribution < 1.29 is 0 Å². The van der Waals surface area contributed by atoms with Crippen LogP contribution in [0.5, 0.6) is 0 Å². The Balaban J connectivity index is 1.33. The van der Waals surface area contributed by atoms with E-state index in [0.29, 0.717) is 6.17 Å². The van der Waals surface area contributed by atoms with E-state index in [1.807, 2.05) is 12.1 Å². The molecule has 0 spiro atoms. The summed E-state index contributed by atoms with van der Waals surface area (Å²) in [5.41, 5.74) is 2.16. The number of fused-ring (bicyclic) bond motifs is 1. The van der Waals surface area contributed by atoms with Gasteiger partial charge in [0.1, 0.15) is 11.7 Å². The molecule has 4 heteroatoms. The topological polar surface area (TPSA) is 33.7 Å². The number of hydrogen-bond acceptors (Lipinski definition) is 3. The first-order valence-electron chi connectivity index (χ1n) is 8.94. The maximum absolute atomic E-state index is 4.32. The van der Waals surface area contributed by atoms with Crippen LogP contribution in [0, 0.1) is 0 Å². The monoisotopic (exact) mass is 300 g/mol. The molecule has 0 radical (unpaired) electrons. The van der Waals surface area contributed by atoms with Gasteiger partial charge in [0.15, 0.2) is 0 Å². The van der Waals surface area contributed by atoms with Crippen LogP contribution in [0.15, 0.2) is 24.3 Å². The van der Waals surface area contributed by atoms with E-state index in [-0.39, 0.29) is 0 Å². The standard InChI is InChI=1S/C18H28N4/c1-2-3-4-5-6-7-8-11-14-21-15-18(21)22-17-13-10-9-12-16(17)19-20-22/h9-10,12-13,18H,2-8,11,14-15H2,1H3. The van der Waals surface area contributed by atoms with Crippen LogP contribution in [0.1, 0.15) is 64.5 Å². The van der Waals surface area contributed by atoms with Gasteiger partial charge < -0.3 is 0 Å². The van der Waals surface area contributed by atoms with Gasteiger partial charge in [0, 0.05) is 13.1 Å². The second-order valence-corrected chi connectivity index (χ2v) is 6.47. The SMILES string of the molecule is CCCCCCCCCCN1CC1n1nnc2ccccc21. The van der Waals surface area contributed by atoms with Crippen LogP contribution in [-0.2, 0) is 0 Å². The fourth-order valence-corrected chi connectivity index (χ4v) is 3.19. The van der Waals surface area contributed by atoms with Crippen molar-refractivity contribution in [2.24, 2.45) is 0 Å². The lowest BCUT2D eigenvalue weighted by atomic mass is 10.1. The third-order valence-electron chi connectivity index (χ3n) is 4.64. The molecule has 0 N–H and O–H groups in total. The number of unbranched alkanes of at least 4 members (excludes halogenated alkanes) is 7. The zero-order valence-electron chi connectivity index (χ0n) is 13.7. The highest BCUT2D eigenvalue weighted by molar-refractivity contribution is 5.74. The Bertz CT molecular complexity index is 577. The third-order valence-corrected chi connectivity index (χ3v) is 4.64. The summed E-state index contributed by atoms with van der Waals surface area (Å²) in [5, 5.41) is 8.56. The molecule has 1 aromatic carbocycles. The summed E-state index contributed by atoms with van der Waals surface area (Å²) in [6, 6.07) is 8.23. The summed E-state index contributed by atoms with van der Waals surface area (Å²) in [5.74, 6) is 0. The van der Waals surface area contributed by atoms with E-state index < -0.39 is 0 Å². The predicted octanol–water partition coefficient (Wildman–Crippen LogP) is 4.39. The van der Waals surface area contributed by atoms with Crippen molar-refractivity contribution in [3.63, 3.8) is 0 Å². The Morgan fingerprint density at radius 1 is 1.00 bits per heavy atom. The lowest BCUT2D eigenvalue weighted by molar-refractivity contribution is 0.412. The summed E-state index contributed by atoms with van der Waals surface area (Å²) < 4.78 is 2.08. The maximum atomic E-state index is 4.32. The van der Waals surface area contributed by atoms with Gasteiger partial charge in [-0.3, -0.25) is 4.90 Å². The van der Waals surface area contributed by atoms with Gasteiger partial charge in [-0.05, 0) is 18.6 Å². The highest BCUT2D eigenvalue weighted by atomic mass is 15.6. The van der Waals surface area contributed by atoms with E-state index in [4.69, 9.17) is 0 Å². The molecule has 120 valence electrons. The van der Waals surface area contributed by atoms with E-state index in [1.165, 1.54) is 57.9 Å². The van der Waals surface area contributed by atoms with Gasteiger partial charge in [-0.1, -0.05) is 69.2 Å². The van der Waals surface area contributed by atoms with Crippen molar-refractivity contribution in [1.82, 2.24) is 19.9 Å². The third kappa shape index (κ3) is 3.86. The molecule has 3 rings (SSSR count). The summed E-state index contributed by atoms with van der Waals surface area (Å²) in [7, 11) is 0. The van der Waals surface area contributed by atoms with E-state index in [9.17, 15) is 0 Å². The summed E-state index contributed by atoms with van der Waals surface area (Å²) >= 11 is 0. The lowest BCUT2D eigenvalue weighted by Crippen LogP contribution is -2.06. The van der Waals surface area contributed by atoms with Crippen LogP contribution in [0.2, 0.25) is 0 Å². The van der Waals surface area contributed by atoms with Crippen molar-refractivity contribution in [3.8, 4) is 0 Å². The number of rotatable bonds is 10. The number of para-hydroxylation sites is 1. The number of hydrogen-bond donors (Lipinski definition) is 0. The Morgan fingerprint density at radius 2 is 1.73 bits per heavy atom. The van der Waals surface area contributed by atoms with Crippen LogP contribution in [-0.4, -0.2) is 33.0 Å². The number of nitrogens with zero attached hydrogens (tertiary/aromatic N) is 4. The fraction of sp³-hybridized carbons (Fsp3) is 0.667. The maximum Gasteiger partial charge on any atom is 0.119 e. The smallest absolute Gasteiger partial charge is 0.119 e. The van der Waals surface area contributed by atoms with Crippen molar-refractivity contribution in [3.05, 3.63) is 24.3 Å². The molecule has 0 amide bonds.